The summed E-state index contributed by atoms with van der Waals surface area (Å²) in [5.41, 5.74) is 0.976. The van der Waals surface area contributed by atoms with Crippen molar-refractivity contribution < 1.29 is 38.0 Å². The second-order valence-corrected chi connectivity index (χ2v) is 8.90. The fraction of sp³-hybridized carbons (Fsp3) is 0.760. The molecule has 0 saturated carbocycles. The number of ether oxygens (including phenoxy) is 6. The smallest absolute Gasteiger partial charge is 0.275 e. The molecule has 1 aromatic rings. The Bertz CT molecular complexity index is 769. The van der Waals surface area contributed by atoms with E-state index in [9.17, 15) is 9.59 Å². The standard InChI is InChI=1S/C18H31BrN4O5.C7H15NO3/c1-14-17(22(6-10-25-2)7-11-26-3)21-15(16(19)20-14)18(24)23(8-12-27-4)9-13-28-5;1-10-5-3-8(7-9)4-6-11-2/h6-13H2,1-5H3;7H,3-6H2,1-2H3. The molecule has 226 valence electrons. The van der Waals surface area contributed by atoms with E-state index in [0.29, 0.717) is 89.3 Å². The van der Waals surface area contributed by atoms with Gasteiger partial charge in [0.05, 0.1) is 45.3 Å². The third-order valence-corrected chi connectivity index (χ3v) is 5.92. The molecule has 0 unspecified atom stereocenters. The number of halogens is 1. The maximum Gasteiger partial charge on any atom is 0.275 e. The van der Waals surface area contributed by atoms with Crippen molar-refractivity contribution in [2.24, 2.45) is 0 Å². The van der Waals surface area contributed by atoms with Crippen molar-refractivity contribution in [3.05, 3.63) is 16.0 Å². The van der Waals surface area contributed by atoms with Crippen LogP contribution in [0.5, 0.6) is 0 Å². The van der Waals surface area contributed by atoms with Crippen LogP contribution in [0.25, 0.3) is 0 Å². The number of hydrogen-bond donors (Lipinski definition) is 0. The van der Waals surface area contributed by atoms with Crippen molar-refractivity contribution in [3.8, 4) is 0 Å². The maximum absolute atomic E-state index is 13.1. The largest absolute Gasteiger partial charge is 0.383 e. The molecule has 2 amide bonds. The zero-order valence-electron chi connectivity index (χ0n) is 24.4. The minimum Gasteiger partial charge on any atom is -0.383 e. The number of hydrogen-bond acceptors (Lipinski definition) is 11. The molecular weight excluding hydrogens is 578 g/mol. The first-order valence-electron chi connectivity index (χ1n) is 12.6. The fourth-order valence-electron chi connectivity index (χ4n) is 3.15. The Morgan fingerprint density at radius 1 is 0.718 bits per heavy atom. The number of methoxy groups -OCH3 is 6. The number of aromatic nitrogens is 2. The zero-order chi connectivity index (χ0) is 29.5. The average molecular weight is 625 g/mol. The predicted molar refractivity (Wildman–Crippen MR) is 151 cm³/mol. The molecule has 0 aromatic carbocycles. The van der Waals surface area contributed by atoms with Crippen LogP contribution in [-0.4, -0.2) is 154 Å². The van der Waals surface area contributed by atoms with E-state index < -0.39 is 0 Å². The molecule has 0 aliphatic rings. The average Bonchev–Trinajstić information content (AvgIpc) is 2.94. The first kappa shape index (κ1) is 37.1. The molecule has 1 aromatic heterocycles. The summed E-state index contributed by atoms with van der Waals surface area (Å²) in [7, 11) is 9.71. The Hall–Kier alpha value is -1.94. The van der Waals surface area contributed by atoms with Gasteiger partial charge >= 0.3 is 0 Å². The Morgan fingerprint density at radius 2 is 1.13 bits per heavy atom. The molecule has 1 rings (SSSR count). The van der Waals surface area contributed by atoms with Gasteiger partial charge in [-0.05, 0) is 22.9 Å². The van der Waals surface area contributed by atoms with Crippen LogP contribution >= 0.6 is 15.9 Å². The second kappa shape index (κ2) is 23.9. The Balaban J connectivity index is 0.00000110. The lowest BCUT2D eigenvalue weighted by Gasteiger charge is -2.26. The van der Waals surface area contributed by atoms with Crippen LogP contribution < -0.4 is 4.90 Å². The number of nitrogens with zero attached hydrogens (tertiary/aromatic N) is 5. The molecule has 0 spiro atoms. The summed E-state index contributed by atoms with van der Waals surface area (Å²) < 4.78 is 30.7. The normalized spacial score (nSPS) is 10.6. The van der Waals surface area contributed by atoms with Crippen molar-refractivity contribution in [1.82, 2.24) is 19.8 Å². The number of rotatable bonds is 21. The van der Waals surface area contributed by atoms with Crippen LogP contribution in [0.2, 0.25) is 0 Å². The molecule has 0 bridgehead atoms. The molecule has 39 heavy (non-hydrogen) atoms. The molecule has 0 aliphatic carbocycles. The van der Waals surface area contributed by atoms with Crippen molar-refractivity contribution in [3.63, 3.8) is 0 Å². The topological polar surface area (TPSA) is 125 Å². The third kappa shape index (κ3) is 15.4. The monoisotopic (exact) mass is 623 g/mol. The van der Waals surface area contributed by atoms with Gasteiger partial charge in [-0.25, -0.2) is 9.97 Å². The summed E-state index contributed by atoms with van der Waals surface area (Å²) in [6, 6.07) is 0. The quantitative estimate of drug-likeness (QED) is 0.183. The van der Waals surface area contributed by atoms with Gasteiger partial charge in [-0.1, -0.05) is 0 Å². The number of amides is 2. The summed E-state index contributed by atoms with van der Waals surface area (Å²) in [5, 5.41) is 0. The highest BCUT2D eigenvalue weighted by Crippen LogP contribution is 2.22. The van der Waals surface area contributed by atoms with E-state index in [1.165, 1.54) is 0 Å². The van der Waals surface area contributed by atoms with E-state index in [-0.39, 0.29) is 11.6 Å². The third-order valence-electron chi connectivity index (χ3n) is 5.37. The summed E-state index contributed by atoms with van der Waals surface area (Å²) in [4.78, 5) is 37.9. The van der Waals surface area contributed by atoms with Gasteiger partial charge in [0.2, 0.25) is 6.41 Å². The van der Waals surface area contributed by atoms with E-state index in [1.54, 1.807) is 52.5 Å². The van der Waals surface area contributed by atoms with Gasteiger partial charge in [0.25, 0.3) is 5.91 Å². The van der Waals surface area contributed by atoms with Gasteiger partial charge in [-0.3, -0.25) is 9.59 Å². The van der Waals surface area contributed by atoms with Crippen molar-refractivity contribution in [2.45, 2.75) is 6.92 Å². The number of carbonyl (C=O) groups is 2. The molecule has 14 heteroatoms. The van der Waals surface area contributed by atoms with Gasteiger partial charge in [0.15, 0.2) is 11.5 Å². The Labute approximate surface area is 241 Å². The van der Waals surface area contributed by atoms with E-state index in [1.807, 2.05) is 11.8 Å². The molecule has 0 N–H and O–H groups in total. The molecule has 0 aliphatic heterocycles. The highest BCUT2D eigenvalue weighted by atomic mass is 79.9. The highest BCUT2D eigenvalue weighted by Gasteiger charge is 2.24. The van der Waals surface area contributed by atoms with E-state index in [4.69, 9.17) is 28.4 Å². The van der Waals surface area contributed by atoms with Gasteiger partial charge in [-0.15, -0.1) is 0 Å². The van der Waals surface area contributed by atoms with Gasteiger partial charge < -0.3 is 43.1 Å². The molecule has 0 fully saturated rings. The van der Waals surface area contributed by atoms with Crippen molar-refractivity contribution in [1.29, 1.82) is 0 Å². The van der Waals surface area contributed by atoms with Crippen molar-refractivity contribution >= 4 is 34.1 Å². The molecule has 0 radical (unpaired) electrons. The molecule has 1 heterocycles. The van der Waals surface area contributed by atoms with Crippen LogP contribution in [0.3, 0.4) is 0 Å². The summed E-state index contributed by atoms with van der Waals surface area (Å²) in [5.74, 6) is 0.409. The van der Waals surface area contributed by atoms with E-state index in [2.05, 4.69) is 25.9 Å². The van der Waals surface area contributed by atoms with Crippen LogP contribution in [0, 0.1) is 6.92 Å². The van der Waals surface area contributed by atoms with Crippen molar-refractivity contribution in [2.75, 3.05) is 126 Å². The molecule has 13 nitrogen and oxygen atoms in total. The first-order valence-corrected chi connectivity index (χ1v) is 13.4. The minimum atomic E-state index is -0.229. The Morgan fingerprint density at radius 3 is 1.54 bits per heavy atom. The number of carbonyl (C=O) groups excluding carboxylic acids is 2. The maximum atomic E-state index is 13.1. The summed E-state index contributed by atoms with van der Waals surface area (Å²) in [6.45, 7) is 8.26. The van der Waals surface area contributed by atoms with E-state index >= 15 is 0 Å². The van der Waals surface area contributed by atoms with E-state index in [0.717, 1.165) is 12.1 Å². The van der Waals surface area contributed by atoms with Crippen LogP contribution in [0.1, 0.15) is 16.2 Å². The van der Waals surface area contributed by atoms with Crippen LogP contribution in [0.4, 0.5) is 5.82 Å². The minimum absolute atomic E-state index is 0.229. The predicted octanol–water partition coefficient (Wildman–Crippen LogP) is 1.12. The van der Waals surface area contributed by atoms with Crippen LogP contribution in [0.15, 0.2) is 4.60 Å². The van der Waals surface area contributed by atoms with Crippen LogP contribution in [-0.2, 0) is 33.2 Å². The molecular formula is C25H46BrN5O8. The van der Waals surface area contributed by atoms with Gasteiger partial charge in [0.1, 0.15) is 4.60 Å². The van der Waals surface area contributed by atoms with Gasteiger partial charge in [-0.2, -0.15) is 0 Å². The Kier molecular flexibility index (Phi) is 22.7. The molecule has 0 atom stereocenters. The number of anilines is 1. The lowest BCUT2D eigenvalue weighted by Crippen LogP contribution is -2.38. The lowest BCUT2D eigenvalue weighted by molar-refractivity contribution is -0.119. The highest BCUT2D eigenvalue weighted by molar-refractivity contribution is 9.10. The SMILES string of the molecule is COCCN(C=O)CCOC.COCCN(CCOC)C(=O)c1nc(N(CCOC)CCOC)c(C)nc1Br. The molecule has 0 saturated heterocycles. The number of aryl methyl sites for hydroxylation is 1. The zero-order valence-corrected chi connectivity index (χ0v) is 26.0. The lowest BCUT2D eigenvalue weighted by atomic mass is 10.3. The second-order valence-electron chi connectivity index (χ2n) is 8.15. The first-order chi connectivity index (χ1) is 18.8. The summed E-state index contributed by atoms with van der Waals surface area (Å²) >= 11 is 3.39. The van der Waals surface area contributed by atoms with Gasteiger partial charge in [0, 0.05) is 81.9 Å². The summed E-state index contributed by atoms with van der Waals surface area (Å²) in [6.07, 6.45) is 0.804. The fourth-order valence-corrected chi connectivity index (χ4v) is 3.67.